The van der Waals surface area contributed by atoms with Crippen molar-refractivity contribution >= 4 is 33.1 Å². The molecule has 0 aliphatic carbocycles. The number of aryl methyl sites for hydroxylation is 3. The van der Waals surface area contributed by atoms with Crippen LogP contribution in [-0.4, -0.2) is 4.98 Å². The van der Waals surface area contributed by atoms with Gasteiger partial charge in [-0.05, 0) is 56.2 Å². The molecule has 0 saturated heterocycles. The zero-order chi connectivity index (χ0) is 13.3. The van der Waals surface area contributed by atoms with Gasteiger partial charge >= 0.3 is 0 Å². The fourth-order valence-corrected chi connectivity index (χ4v) is 2.05. The van der Waals surface area contributed by atoms with Crippen LogP contribution in [0.5, 0.6) is 0 Å². The molecule has 0 bridgehead atoms. The number of nitrogens with zero attached hydrogens (tertiary/aromatic N) is 1. The van der Waals surface area contributed by atoms with E-state index >= 15 is 0 Å². The molecule has 2 aromatic rings. The molecule has 0 aliphatic rings. The Morgan fingerprint density at radius 2 is 1.72 bits per heavy atom. The van der Waals surface area contributed by atoms with Crippen molar-refractivity contribution in [1.29, 1.82) is 0 Å². The number of hydrogen-bond donors (Lipinski definition) is 2. The summed E-state index contributed by atoms with van der Waals surface area (Å²) in [6, 6.07) is 7.91. The molecular weight excluding hydrogens is 290 g/mol. The summed E-state index contributed by atoms with van der Waals surface area (Å²) in [6.07, 6.45) is 0. The van der Waals surface area contributed by atoms with Crippen LogP contribution in [0.25, 0.3) is 0 Å². The number of benzene rings is 1. The summed E-state index contributed by atoms with van der Waals surface area (Å²) < 4.78 is 1.14. The summed E-state index contributed by atoms with van der Waals surface area (Å²) in [6.45, 7) is 6.08. The van der Waals surface area contributed by atoms with Crippen molar-refractivity contribution in [3.8, 4) is 0 Å². The fraction of sp³-hybridized carbons (Fsp3) is 0.214. The predicted octanol–water partition coefficient (Wildman–Crippen LogP) is 4.10. The molecule has 1 aromatic heterocycles. The molecule has 0 unspecified atom stereocenters. The summed E-state index contributed by atoms with van der Waals surface area (Å²) in [7, 11) is 0. The zero-order valence-electron chi connectivity index (χ0n) is 10.7. The van der Waals surface area contributed by atoms with E-state index in [0.29, 0.717) is 11.5 Å². The number of pyridine rings is 1. The number of aromatic nitrogens is 1. The van der Waals surface area contributed by atoms with Gasteiger partial charge in [0.1, 0.15) is 0 Å². The molecule has 1 heterocycles. The number of hydrogen-bond acceptors (Lipinski definition) is 3. The van der Waals surface area contributed by atoms with Gasteiger partial charge < -0.3 is 11.1 Å². The normalized spacial score (nSPS) is 10.4. The van der Waals surface area contributed by atoms with Crippen molar-refractivity contribution in [3.63, 3.8) is 0 Å². The standard InChI is InChI=1S/C14H16BrN3/c1-8-6-11(7-9(2)13(8)15)18-14-12(16)5-4-10(3)17-14/h4-7H,16H2,1-3H3,(H,17,18). The Bertz CT molecular complexity index is 571. The highest BCUT2D eigenvalue weighted by Gasteiger charge is 2.05. The minimum Gasteiger partial charge on any atom is -0.396 e. The topological polar surface area (TPSA) is 50.9 Å². The molecule has 0 atom stereocenters. The van der Waals surface area contributed by atoms with E-state index in [2.05, 4.69) is 52.2 Å². The van der Waals surface area contributed by atoms with Gasteiger partial charge in [-0.25, -0.2) is 4.98 Å². The first kappa shape index (κ1) is 12.9. The molecule has 0 saturated carbocycles. The number of nitrogens with one attached hydrogen (secondary N) is 1. The highest BCUT2D eigenvalue weighted by Crippen LogP contribution is 2.28. The van der Waals surface area contributed by atoms with E-state index in [4.69, 9.17) is 5.73 Å². The Kier molecular flexibility index (Phi) is 3.57. The lowest BCUT2D eigenvalue weighted by molar-refractivity contribution is 1.20. The van der Waals surface area contributed by atoms with Gasteiger partial charge in [0.25, 0.3) is 0 Å². The number of halogens is 1. The SMILES string of the molecule is Cc1ccc(N)c(Nc2cc(C)c(Br)c(C)c2)n1. The van der Waals surface area contributed by atoms with Crippen LogP contribution < -0.4 is 11.1 Å². The van der Waals surface area contributed by atoms with E-state index in [-0.39, 0.29) is 0 Å². The molecule has 1 aromatic carbocycles. The first-order chi connectivity index (χ1) is 8.47. The summed E-state index contributed by atoms with van der Waals surface area (Å²) in [5.74, 6) is 0.705. The lowest BCUT2D eigenvalue weighted by atomic mass is 10.1. The Labute approximate surface area is 116 Å². The van der Waals surface area contributed by atoms with Gasteiger partial charge in [0, 0.05) is 15.9 Å². The second kappa shape index (κ2) is 4.98. The highest BCUT2D eigenvalue weighted by molar-refractivity contribution is 9.10. The minimum atomic E-state index is 0.652. The van der Waals surface area contributed by atoms with Crippen LogP contribution in [-0.2, 0) is 0 Å². The van der Waals surface area contributed by atoms with Crippen LogP contribution in [0, 0.1) is 20.8 Å². The summed E-state index contributed by atoms with van der Waals surface area (Å²) in [5, 5.41) is 3.26. The van der Waals surface area contributed by atoms with Gasteiger partial charge in [-0.3, -0.25) is 0 Å². The largest absolute Gasteiger partial charge is 0.396 e. The van der Waals surface area contributed by atoms with Crippen LogP contribution in [0.1, 0.15) is 16.8 Å². The summed E-state index contributed by atoms with van der Waals surface area (Å²) in [5.41, 5.74) is 10.9. The van der Waals surface area contributed by atoms with E-state index in [1.165, 1.54) is 11.1 Å². The van der Waals surface area contributed by atoms with Crippen molar-refractivity contribution < 1.29 is 0 Å². The number of nitrogens with two attached hydrogens (primary N) is 1. The van der Waals surface area contributed by atoms with Gasteiger partial charge in [-0.15, -0.1) is 0 Å². The maximum atomic E-state index is 5.91. The summed E-state index contributed by atoms with van der Waals surface area (Å²) >= 11 is 3.56. The van der Waals surface area contributed by atoms with Crippen LogP contribution >= 0.6 is 15.9 Å². The second-order valence-corrected chi connectivity index (χ2v) is 5.23. The van der Waals surface area contributed by atoms with E-state index < -0.39 is 0 Å². The van der Waals surface area contributed by atoms with Gasteiger partial charge in [-0.2, -0.15) is 0 Å². The Morgan fingerprint density at radius 3 is 2.33 bits per heavy atom. The molecule has 4 heteroatoms. The fourth-order valence-electron chi connectivity index (χ4n) is 1.82. The molecule has 0 radical (unpaired) electrons. The summed E-state index contributed by atoms with van der Waals surface area (Å²) in [4.78, 5) is 4.40. The lowest BCUT2D eigenvalue weighted by Gasteiger charge is -2.12. The average molecular weight is 306 g/mol. The molecule has 94 valence electrons. The molecule has 2 rings (SSSR count). The number of rotatable bonds is 2. The average Bonchev–Trinajstić information content (AvgIpc) is 2.31. The van der Waals surface area contributed by atoms with Crippen molar-refractivity contribution in [2.24, 2.45) is 0 Å². The molecule has 18 heavy (non-hydrogen) atoms. The highest BCUT2D eigenvalue weighted by atomic mass is 79.9. The molecule has 0 fully saturated rings. The first-order valence-corrected chi connectivity index (χ1v) is 6.53. The second-order valence-electron chi connectivity index (χ2n) is 4.44. The monoisotopic (exact) mass is 305 g/mol. The molecule has 3 N–H and O–H groups in total. The van der Waals surface area contributed by atoms with Crippen molar-refractivity contribution in [1.82, 2.24) is 4.98 Å². The van der Waals surface area contributed by atoms with Crippen LogP contribution in [0.15, 0.2) is 28.7 Å². The Morgan fingerprint density at radius 1 is 1.11 bits per heavy atom. The maximum Gasteiger partial charge on any atom is 0.153 e. The predicted molar refractivity (Wildman–Crippen MR) is 80.3 cm³/mol. The molecule has 3 nitrogen and oxygen atoms in total. The molecule has 0 amide bonds. The Hall–Kier alpha value is -1.55. The number of nitrogen functional groups attached to an aromatic ring is 1. The van der Waals surface area contributed by atoms with Gasteiger partial charge in [-0.1, -0.05) is 15.9 Å². The van der Waals surface area contributed by atoms with Crippen molar-refractivity contribution in [2.75, 3.05) is 11.1 Å². The molecule has 0 aliphatic heterocycles. The smallest absolute Gasteiger partial charge is 0.153 e. The van der Waals surface area contributed by atoms with Crippen LogP contribution in [0.3, 0.4) is 0 Å². The van der Waals surface area contributed by atoms with Crippen molar-refractivity contribution in [2.45, 2.75) is 20.8 Å². The van der Waals surface area contributed by atoms with Crippen LogP contribution in [0.4, 0.5) is 17.2 Å². The quantitative estimate of drug-likeness (QED) is 0.878. The maximum absolute atomic E-state index is 5.91. The third kappa shape index (κ3) is 2.64. The zero-order valence-corrected chi connectivity index (χ0v) is 12.3. The van der Waals surface area contributed by atoms with E-state index in [1.54, 1.807) is 0 Å². The van der Waals surface area contributed by atoms with E-state index in [9.17, 15) is 0 Å². The number of anilines is 3. The van der Waals surface area contributed by atoms with E-state index in [1.807, 2.05) is 19.1 Å². The molecule has 0 spiro atoms. The third-order valence-corrected chi connectivity index (χ3v) is 4.02. The van der Waals surface area contributed by atoms with Gasteiger partial charge in [0.2, 0.25) is 0 Å². The first-order valence-electron chi connectivity index (χ1n) is 5.74. The van der Waals surface area contributed by atoms with Gasteiger partial charge in [0.05, 0.1) is 5.69 Å². The Balaban J connectivity index is 2.37. The minimum absolute atomic E-state index is 0.652. The van der Waals surface area contributed by atoms with E-state index in [0.717, 1.165) is 15.9 Å². The van der Waals surface area contributed by atoms with Crippen molar-refractivity contribution in [3.05, 3.63) is 45.6 Å². The van der Waals surface area contributed by atoms with Gasteiger partial charge in [0.15, 0.2) is 5.82 Å². The third-order valence-electron chi connectivity index (χ3n) is 2.76. The lowest BCUT2D eigenvalue weighted by Crippen LogP contribution is -2.01. The van der Waals surface area contributed by atoms with Crippen LogP contribution in [0.2, 0.25) is 0 Å². The molecular formula is C14H16BrN3.